The smallest absolute Gasteiger partial charge is 0.270 e. The third-order valence-electron chi connectivity index (χ3n) is 4.30. The molecule has 0 aliphatic rings. The number of benzene rings is 2. The first kappa shape index (κ1) is 22.1. The molecule has 0 N–H and O–H groups in total. The molecular formula is C19H18ClN3O5S2. The third-order valence-corrected chi connectivity index (χ3v) is 7.33. The monoisotopic (exact) mass is 467 g/mol. The van der Waals surface area contributed by atoms with Gasteiger partial charge >= 0.3 is 0 Å². The van der Waals surface area contributed by atoms with Crippen molar-refractivity contribution in [1.82, 2.24) is 4.57 Å². The van der Waals surface area contributed by atoms with Crippen LogP contribution in [0.5, 0.6) is 0 Å². The molecule has 0 fully saturated rings. The fourth-order valence-corrected chi connectivity index (χ4v) is 5.31. The standard InChI is InChI=1S/C19H18ClN3O5S2/c1-2-10-22-16-8-5-14(23(25)26)12-17(16)29-19(22)21-18(24)9-11-30(27,28)15-6-3-13(20)4-7-15/h3-8,12H,2,9-11H2,1H3. The van der Waals surface area contributed by atoms with E-state index in [0.29, 0.717) is 21.1 Å². The van der Waals surface area contributed by atoms with Crippen LogP contribution in [0.1, 0.15) is 19.8 Å². The maximum Gasteiger partial charge on any atom is 0.270 e. The van der Waals surface area contributed by atoms with Crippen molar-refractivity contribution in [2.45, 2.75) is 31.2 Å². The Hall–Kier alpha value is -2.56. The van der Waals surface area contributed by atoms with Crippen LogP contribution in [0, 0.1) is 10.1 Å². The fourth-order valence-electron chi connectivity index (χ4n) is 2.84. The van der Waals surface area contributed by atoms with Gasteiger partial charge in [-0.05, 0) is 36.8 Å². The lowest BCUT2D eigenvalue weighted by Crippen LogP contribution is -2.18. The van der Waals surface area contributed by atoms with Crippen LogP contribution in [0.2, 0.25) is 5.02 Å². The summed E-state index contributed by atoms with van der Waals surface area (Å²) >= 11 is 6.94. The molecule has 0 spiro atoms. The number of carbonyl (C=O) groups is 1. The summed E-state index contributed by atoms with van der Waals surface area (Å²) in [6.45, 7) is 2.54. The molecule has 0 unspecified atom stereocenters. The van der Waals surface area contributed by atoms with E-state index in [1.165, 1.54) is 36.4 Å². The van der Waals surface area contributed by atoms with Gasteiger partial charge in [0.1, 0.15) is 0 Å². The van der Waals surface area contributed by atoms with E-state index in [1.54, 1.807) is 6.07 Å². The molecule has 0 saturated heterocycles. The molecule has 3 rings (SSSR count). The van der Waals surface area contributed by atoms with Gasteiger partial charge in [-0.1, -0.05) is 29.9 Å². The Labute approximate surface area is 181 Å². The number of halogens is 1. The Morgan fingerprint density at radius 2 is 1.93 bits per heavy atom. The molecule has 158 valence electrons. The van der Waals surface area contributed by atoms with Crippen molar-refractivity contribution in [3.63, 3.8) is 0 Å². The summed E-state index contributed by atoms with van der Waals surface area (Å²) in [5.41, 5.74) is 0.701. The molecular weight excluding hydrogens is 450 g/mol. The van der Waals surface area contributed by atoms with Gasteiger partial charge in [0, 0.05) is 30.1 Å². The van der Waals surface area contributed by atoms with Crippen molar-refractivity contribution < 1.29 is 18.1 Å². The third kappa shape index (κ3) is 4.94. The fraction of sp³-hybridized carbons (Fsp3) is 0.263. The van der Waals surface area contributed by atoms with E-state index in [0.717, 1.165) is 23.3 Å². The van der Waals surface area contributed by atoms with E-state index in [1.807, 2.05) is 11.5 Å². The molecule has 0 saturated carbocycles. The summed E-state index contributed by atoms with van der Waals surface area (Å²) in [4.78, 5) is 27.5. The van der Waals surface area contributed by atoms with Crippen LogP contribution < -0.4 is 4.80 Å². The molecule has 1 heterocycles. The number of thiazole rings is 1. The van der Waals surface area contributed by atoms with Crippen molar-refractivity contribution in [2.24, 2.45) is 4.99 Å². The van der Waals surface area contributed by atoms with Gasteiger partial charge in [-0.15, -0.1) is 0 Å². The summed E-state index contributed by atoms with van der Waals surface area (Å²) in [6.07, 6.45) is 0.501. The molecule has 11 heteroatoms. The topological polar surface area (TPSA) is 112 Å². The number of carbonyl (C=O) groups excluding carboxylic acids is 1. The lowest BCUT2D eigenvalue weighted by atomic mass is 10.3. The van der Waals surface area contributed by atoms with E-state index in [4.69, 9.17) is 11.6 Å². The minimum atomic E-state index is -3.64. The Bertz CT molecular complexity index is 1280. The Kier molecular flexibility index (Phi) is 6.69. The number of amides is 1. The van der Waals surface area contributed by atoms with Crippen LogP contribution in [0.4, 0.5) is 5.69 Å². The van der Waals surface area contributed by atoms with Gasteiger partial charge in [0.15, 0.2) is 14.6 Å². The van der Waals surface area contributed by atoms with E-state index in [2.05, 4.69) is 4.99 Å². The van der Waals surface area contributed by atoms with E-state index < -0.39 is 20.7 Å². The zero-order valence-corrected chi connectivity index (χ0v) is 18.3. The molecule has 0 atom stereocenters. The number of aromatic nitrogens is 1. The second-order valence-electron chi connectivity index (χ2n) is 6.47. The van der Waals surface area contributed by atoms with E-state index >= 15 is 0 Å². The number of sulfone groups is 1. The maximum absolute atomic E-state index is 12.4. The van der Waals surface area contributed by atoms with Gasteiger partial charge in [0.2, 0.25) is 5.91 Å². The molecule has 2 aromatic carbocycles. The van der Waals surface area contributed by atoms with E-state index in [9.17, 15) is 23.3 Å². The summed E-state index contributed by atoms with van der Waals surface area (Å²) in [6, 6.07) is 10.2. The number of fused-ring (bicyclic) bond motifs is 1. The number of non-ortho nitro benzene ring substituents is 1. The van der Waals surface area contributed by atoms with Crippen LogP contribution in [0.25, 0.3) is 10.2 Å². The zero-order valence-electron chi connectivity index (χ0n) is 15.9. The number of hydrogen-bond acceptors (Lipinski definition) is 6. The minimum absolute atomic E-state index is 0.0423. The number of nitrogens with zero attached hydrogens (tertiary/aromatic N) is 3. The lowest BCUT2D eigenvalue weighted by molar-refractivity contribution is -0.384. The summed E-state index contributed by atoms with van der Waals surface area (Å²) in [5.74, 6) is -0.945. The molecule has 1 amide bonds. The normalized spacial score (nSPS) is 12.4. The first-order chi connectivity index (χ1) is 14.2. The number of hydrogen-bond donors (Lipinski definition) is 0. The van der Waals surface area contributed by atoms with Gasteiger partial charge in [-0.3, -0.25) is 14.9 Å². The number of rotatable bonds is 7. The quantitative estimate of drug-likeness (QED) is 0.385. The average molecular weight is 468 g/mol. The van der Waals surface area contributed by atoms with Crippen molar-refractivity contribution in [3.05, 3.63) is 62.4 Å². The first-order valence-corrected chi connectivity index (χ1v) is 11.9. The zero-order chi connectivity index (χ0) is 21.9. The van der Waals surface area contributed by atoms with Crippen LogP contribution in [0.15, 0.2) is 52.4 Å². The highest BCUT2D eigenvalue weighted by atomic mass is 35.5. The highest BCUT2D eigenvalue weighted by Gasteiger charge is 2.17. The predicted octanol–water partition coefficient (Wildman–Crippen LogP) is 3.97. The van der Waals surface area contributed by atoms with Crippen molar-refractivity contribution in [1.29, 1.82) is 0 Å². The molecule has 30 heavy (non-hydrogen) atoms. The highest BCUT2D eigenvalue weighted by molar-refractivity contribution is 7.91. The van der Waals surface area contributed by atoms with Gasteiger partial charge < -0.3 is 4.57 Å². The first-order valence-electron chi connectivity index (χ1n) is 9.05. The Morgan fingerprint density at radius 1 is 1.23 bits per heavy atom. The number of nitro groups is 1. The van der Waals surface area contributed by atoms with E-state index in [-0.39, 0.29) is 22.8 Å². The van der Waals surface area contributed by atoms with Gasteiger partial charge in [0.25, 0.3) is 5.69 Å². The molecule has 8 nitrogen and oxygen atoms in total. The molecule has 0 radical (unpaired) electrons. The van der Waals surface area contributed by atoms with Gasteiger partial charge in [0.05, 0.1) is 25.8 Å². The molecule has 0 aliphatic carbocycles. The van der Waals surface area contributed by atoms with Crippen molar-refractivity contribution in [2.75, 3.05) is 5.75 Å². The largest absolute Gasteiger partial charge is 0.316 e. The van der Waals surface area contributed by atoms with Crippen molar-refractivity contribution >= 4 is 54.6 Å². The SMILES string of the molecule is CCCn1c(=NC(=O)CCS(=O)(=O)c2ccc(Cl)cc2)sc2cc([N+](=O)[O-])ccc21. The predicted molar refractivity (Wildman–Crippen MR) is 115 cm³/mol. The second-order valence-corrected chi connectivity index (χ2v) is 10.0. The minimum Gasteiger partial charge on any atom is -0.316 e. The molecule has 3 aromatic rings. The van der Waals surface area contributed by atoms with Crippen LogP contribution >= 0.6 is 22.9 Å². The highest BCUT2D eigenvalue weighted by Crippen LogP contribution is 2.23. The Morgan fingerprint density at radius 3 is 2.57 bits per heavy atom. The molecule has 0 bridgehead atoms. The van der Waals surface area contributed by atoms with Gasteiger partial charge in [-0.25, -0.2) is 8.42 Å². The van der Waals surface area contributed by atoms with Crippen LogP contribution in [0.3, 0.4) is 0 Å². The van der Waals surface area contributed by atoms with Crippen LogP contribution in [-0.4, -0.2) is 29.6 Å². The van der Waals surface area contributed by atoms with Gasteiger partial charge in [-0.2, -0.15) is 4.99 Å². The lowest BCUT2D eigenvalue weighted by Gasteiger charge is -2.04. The average Bonchev–Trinajstić information content (AvgIpc) is 3.03. The maximum atomic E-state index is 12.4. The van der Waals surface area contributed by atoms with Crippen molar-refractivity contribution in [3.8, 4) is 0 Å². The Balaban J connectivity index is 1.87. The summed E-state index contributed by atoms with van der Waals surface area (Å²) < 4.78 is 27.3. The number of aryl methyl sites for hydroxylation is 1. The summed E-state index contributed by atoms with van der Waals surface area (Å²) in [5, 5.41) is 11.4. The molecule has 0 aliphatic heterocycles. The van der Waals surface area contributed by atoms with Crippen LogP contribution in [-0.2, 0) is 21.2 Å². The number of nitro benzene ring substituents is 1. The summed E-state index contributed by atoms with van der Waals surface area (Å²) in [7, 11) is -3.64. The second kappa shape index (κ2) is 9.07. The molecule has 1 aromatic heterocycles.